The highest BCUT2D eigenvalue weighted by Gasteiger charge is 2.30. The zero-order valence-electron chi connectivity index (χ0n) is 12.6. The fourth-order valence-corrected chi connectivity index (χ4v) is 2.04. The second-order valence-electron chi connectivity index (χ2n) is 4.91. The zero-order valence-corrected chi connectivity index (χ0v) is 12.6. The number of Topliss-reactive ketones (excluding diaryl/α,β-unsaturated/α-hetero) is 1. The Kier molecular flexibility index (Phi) is 4.93. The molecule has 2 rings (SSSR count). The van der Waals surface area contributed by atoms with Gasteiger partial charge in [-0.1, -0.05) is 12.1 Å². The van der Waals surface area contributed by atoms with E-state index in [9.17, 15) is 18.0 Å². The largest absolute Gasteiger partial charge is 0.497 e. The number of carbonyl (C=O) groups excluding carboxylic acids is 1. The molecule has 0 amide bonds. The molecule has 3 nitrogen and oxygen atoms in total. The molecule has 0 bridgehead atoms. The highest BCUT2D eigenvalue weighted by atomic mass is 19.4. The highest BCUT2D eigenvalue weighted by molar-refractivity contribution is 5.97. The third-order valence-electron chi connectivity index (χ3n) is 3.22. The minimum atomic E-state index is -4.41. The van der Waals surface area contributed by atoms with Crippen LogP contribution in [-0.2, 0) is 12.8 Å². The summed E-state index contributed by atoms with van der Waals surface area (Å²) in [6.45, 7) is 1.30. The number of hydrogen-bond acceptors (Lipinski definition) is 3. The van der Waals surface area contributed by atoms with Gasteiger partial charge in [0.1, 0.15) is 18.1 Å². The Balaban J connectivity index is 2.22. The van der Waals surface area contributed by atoms with Gasteiger partial charge in [-0.3, -0.25) is 4.79 Å². The van der Waals surface area contributed by atoms with Crippen LogP contribution in [0.5, 0.6) is 11.5 Å². The fourth-order valence-electron chi connectivity index (χ4n) is 2.04. The van der Waals surface area contributed by atoms with Gasteiger partial charge in [0.05, 0.1) is 18.2 Å². The Labute approximate surface area is 131 Å². The molecule has 2 aromatic rings. The normalized spacial score (nSPS) is 11.2. The number of ether oxygens (including phenoxy) is 2. The lowest BCUT2D eigenvalue weighted by Gasteiger charge is -2.13. The third-order valence-corrected chi connectivity index (χ3v) is 3.22. The first-order chi connectivity index (χ1) is 10.8. The van der Waals surface area contributed by atoms with E-state index in [0.717, 1.165) is 12.1 Å². The molecule has 0 heterocycles. The molecule has 0 N–H and O–H groups in total. The van der Waals surface area contributed by atoms with E-state index in [4.69, 9.17) is 9.47 Å². The number of halogens is 3. The van der Waals surface area contributed by atoms with Crippen LogP contribution in [0.25, 0.3) is 0 Å². The molecule has 0 saturated heterocycles. The summed E-state index contributed by atoms with van der Waals surface area (Å²) in [5.74, 6) is 0.565. The van der Waals surface area contributed by atoms with Gasteiger partial charge < -0.3 is 9.47 Å². The van der Waals surface area contributed by atoms with Gasteiger partial charge in [0.25, 0.3) is 0 Å². The Morgan fingerprint density at radius 1 is 1.13 bits per heavy atom. The Morgan fingerprint density at radius 2 is 1.87 bits per heavy atom. The molecule has 0 unspecified atom stereocenters. The molecule has 0 spiro atoms. The summed E-state index contributed by atoms with van der Waals surface area (Å²) in [6, 6.07) is 9.58. The smallest absolute Gasteiger partial charge is 0.416 e. The minimum absolute atomic E-state index is 0.0859. The van der Waals surface area contributed by atoms with Crippen LogP contribution in [0.4, 0.5) is 13.2 Å². The molecule has 0 aliphatic rings. The maximum Gasteiger partial charge on any atom is 0.416 e. The molecule has 0 atom stereocenters. The lowest BCUT2D eigenvalue weighted by molar-refractivity contribution is -0.137. The summed E-state index contributed by atoms with van der Waals surface area (Å²) in [7, 11) is 1.47. The summed E-state index contributed by atoms with van der Waals surface area (Å²) in [4.78, 5) is 11.6. The number of rotatable bonds is 5. The molecule has 23 heavy (non-hydrogen) atoms. The Hall–Kier alpha value is -2.50. The maximum absolute atomic E-state index is 12.7. The van der Waals surface area contributed by atoms with E-state index in [1.165, 1.54) is 32.2 Å². The Bertz CT molecular complexity index is 708. The fraction of sp³-hybridized carbons (Fsp3) is 0.235. The van der Waals surface area contributed by atoms with Crippen molar-refractivity contribution in [1.29, 1.82) is 0 Å². The second-order valence-corrected chi connectivity index (χ2v) is 4.91. The topological polar surface area (TPSA) is 35.5 Å². The molecular formula is C17H15F3O3. The summed E-state index contributed by atoms with van der Waals surface area (Å²) >= 11 is 0. The van der Waals surface area contributed by atoms with Crippen LogP contribution < -0.4 is 9.47 Å². The van der Waals surface area contributed by atoms with Crippen molar-refractivity contribution in [2.24, 2.45) is 0 Å². The first-order valence-corrected chi connectivity index (χ1v) is 6.79. The lowest BCUT2D eigenvalue weighted by Crippen LogP contribution is -2.07. The van der Waals surface area contributed by atoms with E-state index in [0.29, 0.717) is 16.9 Å². The molecule has 0 aliphatic heterocycles. The molecule has 0 saturated carbocycles. The van der Waals surface area contributed by atoms with E-state index in [-0.39, 0.29) is 18.1 Å². The average molecular weight is 324 g/mol. The number of hydrogen-bond donors (Lipinski definition) is 0. The predicted octanol–water partition coefficient (Wildman–Crippen LogP) is 4.50. The molecule has 0 aliphatic carbocycles. The van der Waals surface area contributed by atoms with Crippen LogP contribution in [-0.4, -0.2) is 12.9 Å². The monoisotopic (exact) mass is 324 g/mol. The van der Waals surface area contributed by atoms with Crippen molar-refractivity contribution >= 4 is 5.78 Å². The number of carbonyl (C=O) groups is 1. The highest BCUT2D eigenvalue weighted by Crippen LogP contribution is 2.30. The minimum Gasteiger partial charge on any atom is -0.497 e. The second kappa shape index (κ2) is 6.73. The lowest BCUT2D eigenvalue weighted by atomic mass is 10.1. The quantitative estimate of drug-likeness (QED) is 0.760. The molecule has 0 aromatic heterocycles. The number of benzene rings is 2. The van der Waals surface area contributed by atoms with Gasteiger partial charge in [-0.15, -0.1) is 0 Å². The van der Waals surface area contributed by atoms with Crippen LogP contribution in [0, 0.1) is 0 Å². The van der Waals surface area contributed by atoms with Crippen molar-refractivity contribution in [2.45, 2.75) is 19.7 Å². The van der Waals surface area contributed by atoms with Gasteiger partial charge in [0, 0.05) is 6.07 Å². The van der Waals surface area contributed by atoms with Gasteiger partial charge in [-0.2, -0.15) is 13.2 Å². The standard InChI is InChI=1S/C17H15F3O3/c1-11(21)15-7-6-14(22-2)9-16(15)23-10-12-4-3-5-13(8-12)17(18,19)20/h3-9H,10H2,1-2H3. The van der Waals surface area contributed by atoms with Crippen molar-refractivity contribution in [3.8, 4) is 11.5 Å². The SMILES string of the molecule is COc1ccc(C(C)=O)c(OCc2cccc(C(F)(F)F)c2)c1. The zero-order chi connectivity index (χ0) is 17.0. The summed E-state index contributed by atoms with van der Waals surface area (Å²) in [5.41, 5.74) is -0.0362. The van der Waals surface area contributed by atoms with E-state index < -0.39 is 11.7 Å². The van der Waals surface area contributed by atoms with E-state index in [2.05, 4.69) is 0 Å². The number of methoxy groups -OCH3 is 1. The summed E-state index contributed by atoms with van der Waals surface area (Å²) in [5, 5.41) is 0. The van der Waals surface area contributed by atoms with E-state index >= 15 is 0 Å². The van der Waals surface area contributed by atoms with Crippen molar-refractivity contribution in [3.63, 3.8) is 0 Å². The third kappa shape index (κ3) is 4.25. The van der Waals surface area contributed by atoms with Crippen molar-refractivity contribution in [3.05, 3.63) is 59.2 Å². The van der Waals surface area contributed by atoms with E-state index in [1.807, 2.05) is 0 Å². The molecule has 122 valence electrons. The van der Waals surface area contributed by atoms with Crippen LogP contribution >= 0.6 is 0 Å². The molecule has 2 aromatic carbocycles. The van der Waals surface area contributed by atoms with Crippen molar-refractivity contribution < 1.29 is 27.4 Å². The van der Waals surface area contributed by atoms with Gasteiger partial charge >= 0.3 is 6.18 Å². The first kappa shape index (κ1) is 16.9. The maximum atomic E-state index is 12.7. The Morgan fingerprint density at radius 3 is 2.48 bits per heavy atom. The van der Waals surface area contributed by atoms with Gasteiger partial charge in [0.2, 0.25) is 0 Å². The number of ketones is 1. The molecule has 6 heteroatoms. The van der Waals surface area contributed by atoms with Crippen LogP contribution in [0.2, 0.25) is 0 Å². The summed E-state index contributed by atoms with van der Waals surface area (Å²) in [6.07, 6.45) is -4.41. The summed E-state index contributed by atoms with van der Waals surface area (Å²) < 4.78 is 48.7. The van der Waals surface area contributed by atoms with Crippen LogP contribution in [0.1, 0.15) is 28.4 Å². The van der Waals surface area contributed by atoms with Crippen molar-refractivity contribution in [1.82, 2.24) is 0 Å². The average Bonchev–Trinajstić information content (AvgIpc) is 2.52. The molecule has 0 radical (unpaired) electrons. The van der Waals surface area contributed by atoms with Crippen molar-refractivity contribution in [2.75, 3.05) is 7.11 Å². The van der Waals surface area contributed by atoms with Gasteiger partial charge in [0.15, 0.2) is 5.78 Å². The predicted molar refractivity (Wildman–Crippen MR) is 78.8 cm³/mol. The molecule has 0 fully saturated rings. The van der Waals surface area contributed by atoms with E-state index in [1.54, 1.807) is 12.1 Å². The van der Waals surface area contributed by atoms with Gasteiger partial charge in [-0.25, -0.2) is 0 Å². The molecular weight excluding hydrogens is 309 g/mol. The van der Waals surface area contributed by atoms with Crippen LogP contribution in [0.15, 0.2) is 42.5 Å². The number of alkyl halides is 3. The first-order valence-electron chi connectivity index (χ1n) is 6.79. The van der Waals surface area contributed by atoms with Crippen LogP contribution in [0.3, 0.4) is 0 Å². The van der Waals surface area contributed by atoms with Gasteiger partial charge in [-0.05, 0) is 36.8 Å².